The van der Waals surface area contributed by atoms with Crippen LogP contribution in [-0.2, 0) is 28.7 Å². The molecule has 0 saturated heterocycles. The van der Waals surface area contributed by atoms with Gasteiger partial charge in [0.2, 0.25) is 5.91 Å². The van der Waals surface area contributed by atoms with E-state index in [9.17, 15) is 19.2 Å². The number of rotatable bonds is 13. The molecule has 0 radical (unpaired) electrons. The van der Waals surface area contributed by atoms with Crippen molar-refractivity contribution in [2.45, 2.75) is 38.5 Å². The maximum atomic E-state index is 11.3. The van der Waals surface area contributed by atoms with Crippen LogP contribution in [0.25, 0.3) is 0 Å². The average Bonchev–Trinajstić information content (AvgIpc) is 2.51. The van der Waals surface area contributed by atoms with Gasteiger partial charge in [-0.1, -0.05) is 0 Å². The monoisotopic (exact) mass is 333 g/mol. The summed E-state index contributed by atoms with van der Waals surface area (Å²) in [5, 5.41) is 19.3. The van der Waals surface area contributed by atoms with E-state index in [-0.39, 0.29) is 64.4 Å². The minimum atomic E-state index is -0.948. The van der Waals surface area contributed by atoms with E-state index in [2.05, 4.69) is 5.32 Å². The second-order valence-corrected chi connectivity index (χ2v) is 4.65. The second kappa shape index (κ2) is 13.5. The summed E-state index contributed by atoms with van der Waals surface area (Å²) >= 11 is 0. The van der Waals surface area contributed by atoms with Crippen LogP contribution in [0.15, 0.2) is 0 Å². The largest absolute Gasteiger partial charge is 0.481 e. The Kier molecular flexibility index (Phi) is 12.2. The highest BCUT2D eigenvalue weighted by Crippen LogP contribution is 1.97. The number of ether oxygens (including phenoxy) is 2. The number of carboxylic acid groups (broad SMARTS) is 1. The molecule has 0 heterocycles. The molecule has 0 bridgehead atoms. The van der Waals surface area contributed by atoms with E-state index in [1.807, 2.05) is 0 Å². The van der Waals surface area contributed by atoms with Gasteiger partial charge in [-0.05, 0) is 19.3 Å². The summed E-state index contributed by atoms with van der Waals surface area (Å²) in [5.74, 6) is -2.39. The molecule has 0 atom stereocenters. The Balaban J connectivity index is 3.52. The third-order valence-corrected chi connectivity index (χ3v) is 2.58. The third kappa shape index (κ3) is 14.5. The maximum Gasteiger partial charge on any atom is 0.325 e. The predicted octanol–water partition coefficient (Wildman–Crippen LogP) is -0.393. The lowest BCUT2D eigenvalue weighted by molar-refractivity contribution is -0.148. The first-order chi connectivity index (χ1) is 11.0. The number of aliphatic hydroxyl groups is 1. The minimum Gasteiger partial charge on any atom is -0.481 e. The summed E-state index contributed by atoms with van der Waals surface area (Å²) in [4.78, 5) is 43.9. The van der Waals surface area contributed by atoms with Gasteiger partial charge in [0.05, 0.1) is 13.2 Å². The van der Waals surface area contributed by atoms with Gasteiger partial charge >= 0.3 is 17.9 Å². The van der Waals surface area contributed by atoms with E-state index >= 15 is 0 Å². The number of hydrogen-bond donors (Lipinski definition) is 3. The SMILES string of the molecule is O=C(O)CCCOC(=O)CCCOC(=O)CNC(=O)CCCO. The summed E-state index contributed by atoms with van der Waals surface area (Å²) < 4.78 is 9.61. The van der Waals surface area contributed by atoms with Crippen LogP contribution in [0.2, 0.25) is 0 Å². The first-order valence-corrected chi connectivity index (χ1v) is 7.36. The third-order valence-electron chi connectivity index (χ3n) is 2.58. The minimum absolute atomic E-state index is 0.0234. The molecular formula is C14H23NO8. The number of carbonyl (C=O) groups is 4. The first-order valence-electron chi connectivity index (χ1n) is 7.36. The molecule has 0 aromatic carbocycles. The number of carbonyl (C=O) groups excluding carboxylic acids is 3. The van der Waals surface area contributed by atoms with Crippen LogP contribution in [0.5, 0.6) is 0 Å². The molecule has 0 spiro atoms. The first kappa shape index (κ1) is 20.8. The van der Waals surface area contributed by atoms with Crippen LogP contribution in [-0.4, -0.2) is 60.4 Å². The molecule has 0 rings (SSSR count). The number of hydrogen-bond acceptors (Lipinski definition) is 7. The Morgan fingerprint density at radius 1 is 0.826 bits per heavy atom. The summed E-state index contributed by atoms with van der Waals surface area (Å²) in [6, 6.07) is 0. The van der Waals surface area contributed by atoms with Crippen molar-refractivity contribution < 1.29 is 38.9 Å². The molecule has 3 N–H and O–H groups in total. The molecule has 0 aliphatic rings. The van der Waals surface area contributed by atoms with E-state index < -0.39 is 17.9 Å². The van der Waals surface area contributed by atoms with Crippen LogP contribution in [0, 0.1) is 0 Å². The number of aliphatic hydroxyl groups excluding tert-OH is 1. The molecule has 0 aliphatic heterocycles. The van der Waals surface area contributed by atoms with Crippen LogP contribution < -0.4 is 5.32 Å². The van der Waals surface area contributed by atoms with E-state index in [1.54, 1.807) is 0 Å². The van der Waals surface area contributed by atoms with E-state index in [1.165, 1.54) is 0 Å². The summed E-state index contributed by atoms with van der Waals surface area (Å²) in [6.45, 7) is -0.283. The lowest BCUT2D eigenvalue weighted by atomic mass is 10.3. The summed E-state index contributed by atoms with van der Waals surface area (Å²) in [7, 11) is 0. The number of aliphatic carboxylic acids is 1. The van der Waals surface area contributed by atoms with Crippen LogP contribution in [0.1, 0.15) is 38.5 Å². The zero-order chi connectivity index (χ0) is 17.5. The van der Waals surface area contributed by atoms with Gasteiger partial charge in [0.25, 0.3) is 0 Å². The second-order valence-electron chi connectivity index (χ2n) is 4.65. The number of esters is 2. The fraction of sp³-hybridized carbons (Fsp3) is 0.714. The van der Waals surface area contributed by atoms with E-state index in [0.29, 0.717) is 6.42 Å². The highest BCUT2D eigenvalue weighted by Gasteiger charge is 2.08. The molecule has 0 aromatic heterocycles. The standard InChI is InChI=1S/C14H23NO8/c16-7-1-4-11(17)15-10-14(21)23-9-3-6-13(20)22-8-2-5-12(18)19/h16H,1-10H2,(H,15,17)(H,18,19). The van der Waals surface area contributed by atoms with Gasteiger partial charge in [0, 0.05) is 25.9 Å². The molecule has 9 heteroatoms. The van der Waals surface area contributed by atoms with Crippen molar-refractivity contribution in [1.29, 1.82) is 0 Å². The van der Waals surface area contributed by atoms with Crippen molar-refractivity contribution in [2.75, 3.05) is 26.4 Å². The van der Waals surface area contributed by atoms with Crippen molar-refractivity contribution in [3.8, 4) is 0 Å². The quantitative estimate of drug-likeness (QED) is 0.306. The van der Waals surface area contributed by atoms with Gasteiger partial charge in [0.1, 0.15) is 6.54 Å². The van der Waals surface area contributed by atoms with Gasteiger partial charge < -0.3 is 25.0 Å². The molecule has 0 fully saturated rings. The maximum absolute atomic E-state index is 11.3. The highest BCUT2D eigenvalue weighted by atomic mass is 16.5. The van der Waals surface area contributed by atoms with Gasteiger partial charge in [0.15, 0.2) is 0 Å². The van der Waals surface area contributed by atoms with E-state index in [4.69, 9.17) is 19.7 Å². The van der Waals surface area contributed by atoms with Gasteiger partial charge in [-0.2, -0.15) is 0 Å². The normalized spacial score (nSPS) is 9.96. The highest BCUT2D eigenvalue weighted by molar-refractivity contribution is 5.81. The molecule has 0 saturated carbocycles. The Morgan fingerprint density at radius 3 is 2.04 bits per heavy atom. The number of nitrogens with one attached hydrogen (secondary N) is 1. The van der Waals surface area contributed by atoms with E-state index in [0.717, 1.165) is 0 Å². The van der Waals surface area contributed by atoms with Crippen molar-refractivity contribution >= 4 is 23.8 Å². The molecule has 23 heavy (non-hydrogen) atoms. The molecule has 0 unspecified atom stereocenters. The fourth-order valence-corrected chi connectivity index (χ4v) is 1.43. The number of amides is 1. The average molecular weight is 333 g/mol. The zero-order valence-electron chi connectivity index (χ0n) is 12.9. The van der Waals surface area contributed by atoms with Crippen LogP contribution in [0.3, 0.4) is 0 Å². The Morgan fingerprint density at radius 2 is 1.43 bits per heavy atom. The molecule has 1 amide bonds. The van der Waals surface area contributed by atoms with Crippen molar-refractivity contribution in [3.05, 3.63) is 0 Å². The Bertz CT molecular complexity index is 396. The van der Waals surface area contributed by atoms with Crippen LogP contribution >= 0.6 is 0 Å². The smallest absolute Gasteiger partial charge is 0.325 e. The Hall–Kier alpha value is -2.16. The lowest BCUT2D eigenvalue weighted by Crippen LogP contribution is -2.30. The Labute approximate surface area is 133 Å². The zero-order valence-corrected chi connectivity index (χ0v) is 12.9. The molecule has 0 aliphatic carbocycles. The lowest BCUT2D eigenvalue weighted by Gasteiger charge is -2.06. The molecule has 0 aromatic rings. The van der Waals surface area contributed by atoms with Crippen LogP contribution in [0.4, 0.5) is 0 Å². The van der Waals surface area contributed by atoms with Crippen molar-refractivity contribution in [3.63, 3.8) is 0 Å². The molecule has 132 valence electrons. The van der Waals surface area contributed by atoms with Gasteiger partial charge in [-0.15, -0.1) is 0 Å². The van der Waals surface area contributed by atoms with Crippen molar-refractivity contribution in [1.82, 2.24) is 5.32 Å². The fourth-order valence-electron chi connectivity index (χ4n) is 1.43. The topological polar surface area (TPSA) is 139 Å². The molecular weight excluding hydrogens is 310 g/mol. The van der Waals surface area contributed by atoms with Gasteiger partial charge in [-0.25, -0.2) is 0 Å². The summed E-state index contributed by atoms with van der Waals surface area (Å²) in [6.07, 6.45) is 0.999. The predicted molar refractivity (Wildman–Crippen MR) is 77.4 cm³/mol. The summed E-state index contributed by atoms with van der Waals surface area (Å²) in [5.41, 5.74) is 0. The van der Waals surface area contributed by atoms with Gasteiger partial charge in [-0.3, -0.25) is 19.2 Å². The van der Waals surface area contributed by atoms with Crippen molar-refractivity contribution in [2.24, 2.45) is 0 Å². The molecule has 9 nitrogen and oxygen atoms in total. The number of carboxylic acids is 1.